The molecule has 1 aliphatic rings. The van der Waals surface area contributed by atoms with Gasteiger partial charge in [-0.2, -0.15) is 0 Å². The van der Waals surface area contributed by atoms with Crippen molar-refractivity contribution in [3.63, 3.8) is 0 Å². The van der Waals surface area contributed by atoms with Crippen molar-refractivity contribution in [3.8, 4) is 0 Å². The van der Waals surface area contributed by atoms with E-state index >= 15 is 0 Å². The van der Waals surface area contributed by atoms with E-state index in [4.69, 9.17) is 15.2 Å². The number of nitrogens with two attached hydrogens (primary N) is 1. The van der Waals surface area contributed by atoms with Gasteiger partial charge in [0.05, 0.1) is 12.1 Å². The van der Waals surface area contributed by atoms with E-state index in [0.29, 0.717) is 19.4 Å². The van der Waals surface area contributed by atoms with Crippen LogP contribution < -0.4 is 5.73 Å². The average Bonchev–Trinajstić information content (AvgIpc) is 2.52. The number of piperidine rings is 1. The zero-order chi connectivity index (χ0) is 17.7. The molecule has 132 valence electrons. The number of nitrogens with zero attached hydrogens (tertiary/aromatic N) is 1. The first-order valence-electron chi connectivity index (χ1n) is 8.24. The Hall–Kier alpha value is -2.08. The quantitative estimate of drug-likeness (QED) is 0.859. The van der Waals surface area contributed by atoms with Crippen molar-refractivity contribution in [2.24, 2.45) is 11.7 Å². The van der Waals surface area contributed by atoms with Crippen molar-refractivity contribution in [1.29, 1.82) is 0 Å². The number of hydrogen-bond donors (Lipinski definition) is 1. The SMILES string of the molecule is CC(C)(C)OC(=O)C1CCCN(C(=O)OCc2ccccc2)C1N. The molecule has 2 atom stereocenters. The number of carbonyl (C=O) groups excluding carboxylic acids is 2. The zero-order valence-electron chi connectivity index (χ0n) is 14.5. The van der Waals surface area contributed by atoms with Gasteiger partial charge < -0.3 is 15.2 Å². The number of amides is 1. The van der Waals surface area contributed by atoms with E-state index in [-0.39, 0.29) is 12.6 Å². The molecule has 1 aromatic carbocycles. The third kappa shape index (κ3) is 4.96. The third-order valence-electron chi connectivity index (χ3n) is 3.84. The zero-order valence-corrected chi connectivity index (χ0v) is 14.5. The Bertz CT molecular complexity index is 568. The molecule has 0 saturated carbocycles. The number of carbonyl (C=O) groups is 2. The minimum atomic E-state index is -0.725. The number of rotatable bonds is 3. The minimum absolute atomic E-state index is 0.181. The molecular formula is C18H26N2O4. The molecule has 6 heteroatoms. The second-order valence-electron chi connectivity index (χ2n) is 7.01. The van der Waals surface area contributed by atoms with Crippen molar-refractivity contribution in [2.45, 2.75) is 52.0 Å². The van der Waals surface area contributed by atoms with Gasteiger partial charge in [0.1, 0.15) is 12.2 Å². The summed E-state index contributed by atoms with van der Waals surface area (Å²) in [4.78, 5) is 26.0. The number of likely N-dealkylation sites (tertiary alicyclic amines) is 1. The Morgan fingerprint density at radius 3 is 2.54 bits per heavy atom. The fourth-order valence-corrected chi connectivity index (χ4v) is 2.67. The van der Waals surface area contributed by atoms with E-state index in [9.17, 15) is 9.59 Å². The fourth-order valence-electron chi connectivity index (χ4n) is 2.67. The Balaban J connectivity index is 1.94. The van der Waals surface area contributed by atoms with Gasteiger partial charge in [0.2, 0.25) is 0 Å². The highest BCUT2D eigenvalue weighted by atomic mass is 16.6. The first-order chi connectivity index (χ1) is 11.3. The summed E-state index contributed by atoms with van der Waals surface area (Å²) in [6.07, 6.45) is 0.0767. The molecule has 0 aliphatic carbocycles. The Morgan fingerprint density at radius 2 is 1.92 bits per heavy atom. The standard InChI is InChI=1S/C18H26N2O4/c1-18(2,3)24-16(21)14-10-7-11-20(15(14)19)17(22)23-12-13-8-5-4-6-9-13/h4-6,8-9,14-15H,7,10-12,19H2,1-3H3. The molecule has 1 aromatic rings. The highest BCUT2D eigenvalue weighted by Gasteiger charge is 2.38. The van der Waals surface area contributed by atoms with Crippen LogP contribution in [0.5, 0.6) is 0 Å². The lowest BCUT2D eigenvalue weighted by atomic mass is 9.94. The molecule has 6 nitrogen and oxygen atoms in total. The second-order valence-corrected chi connectivity index (χ2v) is 7.01. The third-order valence-corrected chi connectivity index (χ3v) is 3.84. The maximum Gasteiger partial charge on any atom is 0.411 e. The average molecular weight is 334 g/mol. The van der Waals surface area contributed by atoms with E-state index in [1.807, 2.05) is 51.1 Å². The fraction of sp³-hybridized carbons (Fsp3) is 0.556. The van der Waals surface area contributed by atoms with E-state index in [0.717, 1.165) is 5.56 Å². The molecule has 0 bridgehead atoms. The van der Waals surface area contributed by atoms with Crippen LogP contribution in [0.1, 0.15) is 39.2 Å². The highest BCUT2D eigenvalue weighted by molar-refractivity contribution is 5.76. The van der Waals surface area contributed by atoms with E-state index < -0.39 is 23.8 Å². The molecule has 2 rings (SSSR count). The molecular weight excluding hydrogens is 308 g/mol. The van der Waals surface area contributed by atoms with E-state index in [1.165, 1.54) is 4.90 Å². The van der Waals surface area contributed by atoms with Gasteiger partial charge in [-0.05, 0) is 39.2 Å². The van der Waals surface area contributed by atoms with Gasteiger partial charge in [0.25, 0.3) is 0 Å². The summed E-state index contributed by atoms with van der Waals surface area (Å²) in [5.41, 5.74) is 6.46. The molecule has 0 radical (unpaired) electrons. The summed E-state index contributed by atoms with van der Waals surface area (Å²) < 4.78 is 10.7. The van der Waals surface area contributed by atoms with Crippen molar-refractivity contribution in [3.05, 3.63) is 35.9 Å². The largest absolute Gasteiger partial charge is 0.460 e. The topological polar surface area (TPSA) is 81.9 Å². The lowest BCUT2D eigenvalue weighted by Gasteiger charge is -2.37. The molecule has 1 amide bonds. The van der Waals surface area contributed by atoms with Crippen molar-refractivity contribution >= 4 is 12.1 Å². The van der Waals surface area contributed by atoms with Crippen molar-refractivity contribution < 1.29 is 19.1 Å². The number of benzene rings is 1. The second kappa shape index (κ2) is 7.66. The molecule has 1 aliphatic heterocycles. The molecule has 1 saturated heterocycles. The first-order valence-corrected chi connectivity index (χ1v) is 8.24. The van der Waals surface area contributed by atoms with Crippen LogP contribution in [0.4, 0.5) is 4.79 Å². The van der Waals surface area contributed by atoms with Crippen LogP contribution >= 0.6 is 0 Å². The van der Waals surface area contributed by atoms with Crippen molar-refractivity contribution in [2.75, 3.05) is 6.54 Å². The summed E-state index contributed by atoms with van der Waals surface area (Å²) >= 11 is 0. The molecule has 0 spiro atoms. The normalized spacial score (nSPS) is 21.2. The van der Waals surface area contributed by atoms with Gasteiger partial charge in [0, 0.05) is 6.54 Å². The molecule has 24 heavy (non-hydrogen) atoms. The van der Waals surface area contributed by atoms with E-state index in [1.54, 1.807) is 0 Å². The highest BCUT2D eigenvalue weighted by Crippen LogP contribution is 2.24. The van der Waals surface area contributed by atoms with Gasteiger partial charge in [0.15, 0.2) is 0 Å². The smallest absolute Gasteiger partial charge is 0.411 e. The predicted octanol–water partition coefficient (Wildman–Crippen LogP) is 2.66. The molecule has 2 N–H and O–H groups in total. The number of esters is 1. The van der Waals surface area contributed by atoms with Crippen LogP contribution in [0.3, 0.4) is 0 Å². The molecule has 2 unspecified atom stereocenters. The summed E-state index contributed by atoms with van der Waals surface area (Å²) in [6, 6.07) is 9.43. The number of hydrogen-bond acceptors (Lipinski definition) is 5. The van der Waals surface area contributed by atoms with Gasteiger partial charge in [-0.1, -0.05) is 30.3 Å². The van der Waals surface area contributed by atoms with Gasteiger partial charge in [-0.25, -0.2) is 4.79 Å². The lowest BCUT2D eigenvalue weighted by molar-refractivity contribution is -0.163. The monoisotopic (exact) mass is 334 g/mol. The Labute approximate surface area is 142 Å². The Kier molecular flexibility index (Phi) is 5.83. The van der Waals surface area contributed by atoms with Gasteiger partial charge in [-0.3, -0.25) is 9.69 Å². The summed E-state index contributed by atoms with van der Waals surface area (Å²) in [5.74, 6) is -0.891. The summed E-state index contributed by atoms with van der Waals surface area (Å²) in [7, 11) is 0. The molecule has 1 heterocycles. The van der Waals surface area contributed by atoms with Crippen LogP contribution in [0.15, 0.2) is 30.3 Å². The van der Waals surface area contributed by atoms with E-state index in [2.05, 4.69) is 0 Å². The van der Waals surface area contributed by atoms with Crippen LogP contribution in [0.2, 0.25) is 0 Å². The van der Waals surface area contributed by atoms with Crippen LogP contribution in [-0.4, -0.2) is 35.3 Å². The molecule has 0 aromatic heterocycles. The van der Waals surface area contributed by atoms with Gasteiger partial charge in [-0.15, -0.1) is 0 Å². The first kappa shape index (κ1) is 18.3. The number of ether oxygens (including phenoxy) is 2. The van der Waals surface area contributed by atoms with Gasteiger partial charge >= 0.3 is 12.1 Å². The lowest BCUT2D eigenvalue weighted by Crippen LogP contribution is -2.56. The predicted molar refractivity (Wildman–Crippen MR) is 89.9 cm³/mol. The molecule has 1 fully saturated rings. The van der Waals surface area contributed by atoms with Crippen LogP contribution in [0, 0.1) is 5.92 Å². The van der Waals surface area contributed by atoms with Crippen LogP contribution in [0.25, 0.3) is 0 Å². The summed E-state index contributed by atoms with van der Waals surface area (Å²) in [6.45, 7) is 6.09. The Morgan fingerprint density at radius 1 is 1.25 bits per heavy atom. The maximum absolute atomic E-state index is 12.3. The van der Waals surface area contributed by atoms with Crippen molar-refractivity contribution in [1.82, 2.24) is 4.90 Å². The van der Waals surface area contributed by atoms with Crippen LogP contribution in [-0.2, 0) is 20.9 Å². The maximum atomic E-state index is 12.3. The summed E-state index contributed by atoms with van der Waals surface area (Å²) in [5, 5.41) is 0. The minimum Gasteiger partial charge on any atom is -0.460 e.